The Kier molecular flexibility index (Phi) is 5.37. The molecule has 0 aromatic heterocycles. The van der Waals surface area contributed by atoms with Crippen LogP contribution in [0.1, 0.15) is 51.4 Å². The summed E-state index contributed by atoms with van der Waals surface area (Å²) in [5, 5.41) is 3.72. The van der Waals surface area contributed by atoms with Gasteiger partial charge in [0, 0.05) is 24.0 Å². The fourth-order valence-electron chi connectivity index (χ4n) is 4.25. The lowest BCUT2D eigenvalue weighted by Crippen LogP contribution is -2.51. The average Bonchev–Trinajstić information content (AvgIpc) is 3.38. The maximum Gasteiger partial charge on any atom is 0.239 e. The molecule has 3 fully saturated rings. The molecule has 1 N–H and O–H groups in total. The van der Waals surface area contributed by atoms with Crippen LogP contribution in [0.4, 0.5) is 0 Å². The van der Waals surface area contributed by atoms with Gasteiger partial charge < -0.3 is 10.2 Å². The number of nitrogens with zero attached hydrogens (tertiary/aromatic N) is 1. The Bertz CT molecular complexity index is 573. The van der Waals surface area contributed by atoms with Crippen molar-refractivity contribution in [1.82, 2.24) is 10.2 Å². The molecule has 4 rings (SSSR count). The number of amides is 1. The molecule has 2 saturated carbocycles. The first-order chi connectivity index (χ1) is 12.3. The van der Waals surface area contributed by atoms with Crippen molar-refractivity contribution in [3.63, 3.8) is 0 Å². The Morgan fingerprint density at radius 1 is 1.08 bits per heavy atom. The summed E-state index contributed by atoms with van der Waals surface area (Å²) in [4.78, 5) is 16.8. The maximum absolute atomic E-state index is 13.4. The summed E-state index contributed by atoms with van der Waals surface area (Å²) in [6.07, 6.45) is 9.48. The van der Waals surface area contributed by atoms with Crippen LogP contribution in [0, 0.1) is 5.92 Å². The van der Waals surface area contributed by atoms with Crippen LogP contribution in [0.5, 0.6) is 0 Å². The summed E-state index contributed by atoms with van der Waals surface area (Å²) in [7, 11) is 0. The van der Waals surface area contributed by atoms with Crippen LogP contribution in [-0.2, 0) is 4.79 Å². The number of benzene rings is 1. The Morgan fingerprint density at radius 3 is 2.40 bits per heavy atom. The van der Waals surface area contributed by atoms with E-state index in [-0.39, 0.29) is 4.75 Å². The van der Waals surface area contributed by atoms with E-state index in [1.54, 1.807) is 0 Å². The molecule has 1 heterocycles. The van der Waals surface area contributed by atoms with Crippen molar-refractivity contribution in [3.05, 3.63) is 30.3 Å². The summed E-state index contributed by atoms with van der Waals surface area (Å²) in [5.74, 6) is 1.34. The molecule has 0 unspecified atom stereocenters. The lowest BCUT2D eigenvalue weighted by atomic mass is 10.00. The first-order valence-electron chi connectivity index (χ1n) is 10.0. The molecule has 2 aliphatic carbocycles. The summed E-state index contributed by atoms with van der Waals surface area (Å²) in [6, 6.07) is 11.1. The molecule has 3 nitrogen and oxygen atoms in total. The molecule has 25 heavy (non-hydrogen) atoms. The predicted octanol–water partition coefficient (Wildman–Crippen LogP) is 4.08. The minimum Gasteiger partial charge on any atom is -0.341 e. The normalized spacial score (nSPS) is 23.8. The van der Waals surface area contributed by atoms with E-state index in [0.29, 0.717) is 11.9 Å². The number of piperidine rings is 1. The van der Waals surface area contributed by atoms with Crippen LogP contribution >= 0.6 is 11.8 Å². The summed E-state index contributed by atoms with van der Waals surface area (Å²) >= 11 is 1.82. The monoisotopic (exact) mass is 358 g/mol. The molecule has 0 atom stereocenters. The molecule has 0 radical (unpaired) electrons. The minimum absolute atomic E-state index is 0.213. The van der Waals surface area contributed by atoms with E-state index in [4.69, 9.17) is 0 Å². The van der Waals surface area contributed by atoms with Crippen LogP contribution in [0.3, 0.4) is 0 Å². The largest absolute Gasteiger partial charge is 0.341 e. The second-order valence-electron chi connectivity index (χ2n) is 8.03. The Labute approximate surface area is 155 Å². The quantitative estimate of drug-likeness (QED) is 0.831. The average molecular weight is 359 g/mol. The van der Waals surface area contributed by atoms with Crippen molar-refractivity contribution in [3.8, 4) is 0 Å². The zero-order valence-electron chi connectivity index (χ0n) is 15.1. The van der Waals surface area contributed by atoms with Crippen LogP contribution in [-0.4, -0.2) is 41.2 Å². The number of nitrogens with one attached hydrogen (secondary N) is 1. The Hall–Kier alpha value is -1.00. The van der Waals surface area contributed by atoms with Gasteiger partial charge >= 0.3 is 0 Å². The van der Waals surface area contributed by atoms with E-state index in [1.165, 1.54) is 37.1 Å². The SMILES string of the molecule is O=C(N1CCC(NCC2CC2)CC1)C1(Sc2ccccc2)CCCC1. The van der Waals surface area contributed by atoms with Gasteiger partial charge in [-0.2, -0.15) is 0 Å². The first-order valence-corrected chi connectivity index (χ1v) is 10.8. The summed E-state index contributed by atoms with van der Waals surface area (Å²) in [6.45, 7) is 3.04. The molecule has 1 saturated heterocycles. The lowest BCUT2D eigenvalue weighted by Gasteiger charge is -2.38. The number of hydrogen-bond acceptors (Lipinski definition) is 3. The topological polar surface area (TPSA) is 32.3 Å². The summed E-state index contributed by atoms with van der Waals surface area (Å²) in [5.41, 5.74) is 0. The molecule has 0 bridgehead atoms. The molecule has 1 aromatic rings. The van der Waals surface area contributed by atoms with Crippen molar-refractivity contribution < 1.29 is 4.79 Å². The van der Waals surface area contributed by atoms with Crippen molar-refractivity contribution >= 4 is 17.7 Å². The fourth-order valence-corrected chi connectivity index (χ4v) is 5.70. The van der Waals surface area contributed by atoms with E-state index in [9.17, 15) is 4.79 Å². The molecule has 1 aliphatic heterocycles. The second kappa shape index (κ2) is 7.71. The van der Waals surface area contributed by atoms with E-state index in [1.807, 2.05) is 17.8 Å². The molecular formula is C21H30N2OS. The predicted molar refractivity (Wildman–Crippen MR) is 104 cm³/mol. The van der Waals surface area contributed by atoms with Gasteiger partial charge in [0.2, 0.25) is 5.91 Å². The highest BCUT2D eigenvalue weighted by atomic mass is 32.2. The first kappa shape index (κ1) is 17.4. The van der Waals surface area contributed by atoms with E-state index >= 15 is 0 Å². The molecule has 136 valence electrons. The highest BCUT2D eigenvalue weighted by molar-refractivity contribution is 8.01. The van der Waals surface area contributed by atoms with Gasteiger partial charge in [0.25, 0.3) is 0 Å². The maximum atomic E-state index is 13.4. The van der Waals surface area contributed by atoms with Gasteiger partial charge in [-0.25, -0.2) is 0 Å². The van der Waals surface area contributed by atoms with Crippen LogP contribution in [0.2, 0.25) is 0 Å². The molecule has 0 spiro atoms. The molecule has 1 aromatic carbocycles. The van der Waals surface area contributed by atoms with Gasteiger partial charge in [0.15, 0.2) is 0 Å². The molecule has 4 heteroatoms. The number of carbonyl (C=O) groups is 1. The van der Waals surface area contributed by atoms with Crippen molar-refractivity contribution in [2.75, 3.05) is 19.6 Å². The van der Waals surface area contributed by atoms with Gasteiger partial charge in [0.05, 0.1) is 4.75 Å². The standard InChI is InChI=1S/C21H30N2OS/c24-20(23-14-10-18(11-15-23)22-16-17-8-9-17)21(12-4-5-13-21)25-19-6-2-1-3-7-19/h1-3,6-7,17-18,22H,4-5,8-16H2. The minimum atomic E-state index is -0.213. The van der Waals surface area contributed by atoms with Crippen LogP contribution in [0.25, 0.3) is 0 Å². The van der Waals surface area contributed by atoms with Crippen molar-refractivity contribution in [2.45, 2.75) is 67.1 Å². The molecular weight excluding hydrogens is 328 g/mol. The Balaban J connectivity index is 1.36. The highest BCUT2D eigenvalue weighted by Crippen LogP contribution is 2.46. The van der Waals surface area contributed by atoms with Gasteiger partial charge in [0.1, 0.15) is 0 Å². The van der Waals surface area contributed by atoms with Gasteiger partial charge in [-0.3, -0.25) is 4.79 Å². The number of rotatable bonds is 6. The number of likely N-dealkylation sites (tertiary alicyclic amines) is 1. The zero-order valence-corrected chi connectivity index (χ0v) is 15.9. The number of hydrogen-bond donors (Lipinski definition) is 1. The lowest BCUT2D eigenvalue weighted by molar-refractivity contribution is -0.134. The highest BCUT2D eigenvalue weighted by Gasteiger charge is 2.45. The third-order valence-electron chi connectivity index (χ3n) is 6.03. The van der Waals surface area contributed by atoms with Crippen LogP contribution in [0.15, 0.2) is 35.2 Å². The van der Waals surface area contributed by atoms with E-state index in [0.717, 1.165) is 44.7 Å². The number of carbonyl (C=O) groups excluding carboxylic acids is 1. The Morgan fingerprint density at radius 2 is 1.76 bits per heavy atom. The van der Waals surface area contributed by atoms with Crippen molar-refractivity contribution in [1.29, 1.82) is 0 Å². The van der Waals surface area contributed by atoms with Crippen LogP contribution < -0.4 is 5.32 Å². The van der Waals surface area contributed by atoms with Gasteiger partial charge in [-0.1, -0.05) is 31.0 Å². The summed E-state index contributed by atoms with van der Waals surface area (Å²) < 4.78 is -0.213. The molecule has 3 aliphatic rings. The second-order valence-corrected chi connectivity index (χ2v) is 9.49. The third-order valence-corrected chi connectivity index (χ3v) is 7.51. The number of thioether (sulfide) groups is 1. The van der Waals surface area contributed by atoms with Gasteiger partial charge in [-0.05, 0) is 63.1 Å². The van der Waals surface area contributed by atoms with E-state index in [2.05, 4.69) is 34.5 Å². The fraction of sp³-hybridized carbons (Fsp3) is 0.667. The van der Waals surface area contributed by atoms with Crippen molar-refractivity contribution in [2.24, 2.45) is 5.92 Å². The molecule has 1 amide bonds. The zero-order chi connectivity index (χ0) is 17.1. The van der Waals surface area contributed by atoms with Gasteiger partial charge in [-0.15, -0.1) is 11.8 Å². The van der Waals surface area contributed by atoms with E-state index < -0.39 is 0 Å². The smallest absolute Gasteiger partial charge is 0.239 e. The third kappa shape index (κ3) is 4.22.